The summed E-state index contributed by atoms with van der Waals surface area (Å²) in [7, 11) is 0. The molecule has 2 N–H and O–H groups in total. The number of nitrogens with zero attached hydrogens (tertiary/aromatic N) is 2. The van der Waals surface area contributed by atoms with Crippen LogP contribution in [0.5, 0.6) is 0 Å². The zero-order valence-electron chi connectivity index (χ0n) is 14.5. The smallest absolute Gasteiger partial charge is 0.227 e. The van der Waals surface area contributed by atoms with Gasteiger partial charge in [0, 0.05) is 31.5 Å². The van der Waals surface area contributed by atoms with Gasteiger partial charge >= 0.3 is 0 Å². The van der Waals surface area contributed by atoms with E-state index in [1.165, 1.54) is 6.07 Å². The molecule has 1 aromatic carbocycles. The Labute approximate surface area is 153 Å². The molecule has 138 valence electrons. The normalized spacial score (nSPS) is 10.4. The molecule has 6 nitrogen and oxygen atoms in total. The maximum absolute atomic E-state index is 13.3. The van der Waals surface area contributed by atoms with Gasteiger partial charge < -0.3 is 15.2 Å². The van der Waals surface area contributed by atoms with Crippen LogP contribution in [0.15, 0.2) is 22.7 Å². The van der Waals surface area contributed by atoms with Crippen molar-refractivity contribution >= 4 is 18.3 Å². The van der Waals surface area contributed by atoms with Crippen LogP contribution in [0, 0.1) is 12.7 Å². The summed E-state index contributed by atoms with van der Waals surface area (Å²) >= 11 is 0. The van der Waals surface area contributed by atoms with Gasteiger partial charge in [-0.2, -0.15) is 4.98 Å². The summed E-state index contributed by atoms with van der Waals surface area (Å²) in [5.74, 6) is 0.474. The van der Waals surface area contributed by atoms with Crippen LogP contribution in [0.3, 0.4) is 0 Å². The van der Waals surface area contributed by atoms with Crippen molar-refractivity contribution in [1.29, 1.82) is 0 Å². The Hall–Kier alpha value is -1.99. The lowest BCUT2D eigenvalue weighted by atomic mass is 10.1. The summed E-state index contributed by atoms with van der Waals surface area (Å²) in [6, 6.07) is 4.65. The van der Waals surface area contributed by atoms with Crippen molar-refractivity contribution in [2.75, 3.05) is 19.6 Å². The molecule has 1 aromatic heterocycles. The van der Waals surface area contributed by atoms with Crippen LogP contribution in [0.4, 0.5) is 4.39 Å². The summed E-state index contributed by atoms with van der Waals surface area (Å²) < 4.78 is 18.4. The van der Waals surface area contributed by atoms with Crippen molar-refractivity contribution in [3.63, 3.8) is 0 Å². The molecule has 2 rings (SSSR count). The molecule has 0 radical (unpaired) electrons. The van der Waals surface area contributed by atoms with Crippen LogP contribution in [0.25, 0.3) is 11.4 Å². The minimum Gasteiger partial charge on any atom is -0.355 e. The Morgan fingerprint density at radius 3 is 2.80 bits per heavy atom. The van der Waals surface area contributed by atoms with Crippen molar-refractivity contribution < 1.29 is 13.7 Å². The van der Waals surface area contributed by atoms with Crippen molar-refractivity contribution in [1.82, 2.24) is 20.8 Å². The van der Waals surface area contributed by atoms with Crippen molar-refractivity contribution in [3.05, 3.63) is 35.5 Å². The van der Waals surface area contributed by atoms with Gasteiger partial charge in [-0.3, -0.25) is 4.79 Å². The number of carbonyl (C=O) groups excluding carboxylic acids is 1. The third kappa shape index (κ3) is 6.80. The van der Waals surface area contributed by atoms with E-state index in [4.69, 9.17) is 4.52 Å². The zero-order chi connectivity index (χ0) is 17.4. The van der Waals surface area contributed by atoms with E-state index < -0.39 is 0 Å². The van der Waals surface area contributed by atoms with Crippen molar-refractivity contribution in [2.45, 2.75) is 33.1 Å². The first-order valence-corrected chi connectivity index (χ1v) is 8.16. The molecule has 0 bridgehead atoms. The van der Waals surface area contributed by atoms with Crippen LogP contribution in [0.1, 0.15) is 31.2 Å². The highest BCUT2D eigenvalue weighted by atomic mass is 35.5. The third-order valence-corrected chi connectivity index (χ3v) is 3.50. The first-order valence-electron chi connectivity index (χ1n) is 8.16. The Bertz CT molecular complexity index is 678. The molecular formula is C17H24ClFN4O2. The van der Waals surface area contributed by atoms with Gasteiger partial charge in [-0.15, -0.1) is 12.4 Å². The number of carbonyl (C=O) groups is 1. The number of aryl methyl sites for hydroxylation is 2. The van der Waals surface area contributed by atoms with E-state index in [2.05, 4.69) is 27.7 Å². The second-order valence-electron chi connectivity index (χ2n) is 5.58. The highest BCUT2D eigenvalue weighted by molar-refractivity contribution is 5.85. The molecule has 8 heteroatoms. The molecule has 0 aliphatic heterocycles. The number of halogens is 2. The highest BCUT2D eigenvalue weighted by Crippen LogP contribution is 2.19. The van der Waals surface area contributed by atoms with Gasteiger partial charge in [-0.1, -0.05) is 12.1 Å². The largest absolute Gasteiger partial charge is 0.355 e. The van der Waals surface area contributed by atoms with E-state index in [1.54, 1.807) is 19.1 Å². The first-order chi connectivity index (χ1) is 11.6. The van der Waals surface area contributed by atoms with Gasteiger partial charge in [-0.05, 0) is 43.7 Å². The minimum atomic E-state index is -0.271. The Morgan fingerprint density at radius 1 is 1.28 bits per heavy atom. The lowest BCUT2D eigenvalue weighted by Gasteiger charge is -2.04. The summed E-state index contributed by atoms with van der Waals surface area (Å²) in [5.41, 5.74) is 1.21. The number of amides is 1. The van der Waals surface area contributed by atoms with Gasteiger partial charge in [0.05, 0.1) is 0 Å². The topological polar surface area (TPSA) is 80.0 Å². The van der Waals surface area contributed by atoms with E-state index in [0.29, 0.717) is 35.8 Å². The predicted octanol–water partition coefficient (Wildman–Crippen LogP) is 2.65. The number of rotatable bonds is 9. The van der Waals surface area contributed by atoms with E-state index in [1.807, 2.05) is 0 Å². The Morgan fingerprint density at radius 2 is 2.08 bits per heavy atom. The molecule has 0 aliphatic rings. The fourth-order valence-electron chi connectivity index (χ4n) is 2.16. The van der Waals surface area contributed by atoms with Crippen LogP contribution in [0.2, 0.25) is 0 Å². The highest BCUT2D eigenvalue weighted by Gasteiger charge is 2.11. The zero-order valence-corrected chi connectivity index (χ0v) is 15.3. The van der Waals surface area contributed by atoms with E-state index in [0.717, 1.165) is 19.5 Å². The molecule has 0 spiro atoms. The Kier molecular flexibility index (Phi) is 9.08. The van der Waals surface area contributed by atoms with E-state index in [-0.39, 0.29) is 30.6 Å². The number of aromatic nitrogens is 2. The minimum absolute atomic E-state index is 0. The second kappa shape index (κ2) is 10.8. The SMILES string of the molecule is CCCNCCNC(=O)CCc1nc(-c2ccc(F)c(C)c2)no1.Cl. The molecule has 0 unspecified atom stereocenters. The van der Waals surface area contributed by atoms with E-state index >= 15 is 0 Å². The molecule has 1 heterocycles. The average molecular weight is 371 g/mol. The molecular weight excluding hydrogens is 347 g/mol. The predicted molar refractivity (Wildman–Crippen MR) is 96.2 cm³/mol. The molecule has 2 aromatic rings. The molecule has 0 atom stereocenters. The monoisotopic (exact) mass is 370 g/mol. The third-order valence-electron chi connectivity index (χ3n) is 3.50. The lowest BCUT2D eigenvalue weighted by molar-refractivity contribution is -0.121. The maximum atomic E-state index is 13.3. The fraction of sp³-hybridized carbons (Fsp3) is 0.471. The van der Waals surface area contributed by atoms with Crippen LogP contribution < -0.4 is 10.6 Å². The van der Waals surface area contributed by atoms with Gasteiger partial charge in [0.1, 0.15) is 5.82 Å². The van der Waals surface area contributed by atoms with Gasteiger partial charge in [0.25, 0.3) is 0 Å². The summed E-state index contributed by atoms with van der Waals surface area (Å²) in [5, 5.41) is 9.92. The second-order valence-corrected chi connectivity index (χ2v) is 5.58. The quantitative estimate of drug-likeness (QED) is 0.663. The first kappa shape index (κ1) is 21.1. The molecule has 0 aliphatic carbocycles. The molecule has 1 amide bonds. The molecule has 25 heavy (non-hydrogen) atoms. The van der Waals surface area contributed by atoms with Gasteiger partial charge in [0.2, 0.25) is 17.6 Å². The summed E-state index contributed by atoms with van der Waals surface area (Å²) in [4.78, 5) is 16.0. The van der Waals surface area contributed by atoms with Crippen molar-refractivity contribution in [2.24, 2.45) is 0 Å². The molecule has 0 saturated carbocycles. The summed E-state index contributed by atoms with van der Waals surface area (Å²) in [6.07, 6.45) is 1.74. The lowest BCUT2D eigenvalue weighted by Crippen LogP contribution is -2.32. The standard InChI is InChI=1S/C17H23FN4O2.ClH/c1-3-8-19-9-10-20-15(23)6-7-16-21-17(22-24-16)13-4-5-14(18)12(2)11-13;/h4-5,11,19H,3,6-10H2,1-2H3,(H,20,23);1H. The fourth-order valence-corrected chi connectivity index (χ4v) is 2.16. The van der Waals surface area contributed by atoms with Crippen LogP contribution in [-0.4, -0.2) is 35.7 Å². The van der Waals surface area contributed by atoms with Crippen LogP contribution >= 0.6 is 12.4 Å². The van der Waals surface area contributed by atoms with E-state index in [9.17, 15) is 9.18 Å². The molecule has 0 saturated heterocycles. The summed E-state index contributed by atoms with van der Waals surface area (Å²) in [6.45, 7) is 6.08. The van der Waals surface area contributed by atoms with Gasteiger partial charge in [-0.25, -0.2) is 4.39 Å². The van der Waals surface area contributed by atoms with Crippen LogP contribution in [-0.2, 0) is 11.2 Å². The number of hydrogen-bond donors (Lipinski definition) is 2. The Balaban J connectivity index is 0.00000312. The van der Waals surface area contributed by atoms with Gasteiger partial charge in [0.15, 0.2) is 0 Å². The maximum Gasteiger partial charge on any atom is 0.227 e. The van der Waals surface area contributed by atoms with Crippen molar-refractivity contribution in [3.8, 4) is 11.4 Å². The average Bonchev–Trinajstić information content (AvgIpc) is 3.04. The number of benzene rings is 1. The molecule has 0 fully saturated rings. The number of nitrogens with one attached hydrogen (secondary N) is 2. The number of hydrogen-bond acceptors (Lipinski definition) is 5.